The minimum atomic E-state index is -0.321. The fraction of sp³-hybridized carbons (Fsp3) is 0.125. The van der Waals surface area contributed by atoms with Crippen molar-refractivity contribution in [2.75, 3.05) is 5.32 Å². The smallest absolute Gasteiger partial charge is 0.321 e. The van der Waals surface area contributed by atoms with E-state index in [1.165, 1.54) is 11.3 Å². The maximum atomic E-state index is 12.1. The van der Waals surface area contributed by atoms with Crippen LogP contribution in [0.1, 0.15) is 11.4 Å². The highest BCUT2D eigenvalue weighted by Crippen LogP contribution is 2.25. The van der Waals surface area contributed by atoms with Gasteiger partial charge in [0.05, 0.1) is 16.8 Å². The van der Waals surface area contributed by atoms with E-state index in [-0.39, 0.29) is 12.6 Å². The Balaban J connectivity index is 1.45. The molecule has 0 bridgehead atoms. The van der Waals surface area contributed by atoms with Crippen LogP contribution >= 0.6 is 11.3 Å². The van der Waals surface area contributed by atoms with Gasteiger partial charge in [0, 0.05) is 6.20 Å². The lowest BCUT2D eigenvalue weighted by molar-refractivity contribution is 0.251. The Bertz CT molecular complexity index is 1000. The maximum Gasteiger partial charge on any atom is 0.321 e. The van der Waals surface area contributed by atoms with Crippen LogP contribution in [0.3, 0.4) is 0 Å². The molecule has 0 saturated heterocycles. The van der Waals surface area contributed by atoms with E-state index in [0.717, 1.165) is 21.4 Å². The number of para-hydroxylation sites is 1. The number of thiazole rings is 1. The van der Waals surface area contributed by atoms with Gasteiger partial charge in [-0.1, -0.05) is 29.5 Å². The zero-order valence-electron chi connectivity index (χ0n) is 12.9. The number of nitrogens with zero attached hydrogens (tertiary/aromatic N) is 4. The predicted octanol–water partition coefficient (Wildman–Crippen LogP) is 2.97. The summed E-state index contributed by atoms with van der Waals surface area (Å²) in [4.78, 5) is 16.4. The number of anilines is 1. The molecule has 8 heteroatoms. The minimum Gasteiger partial charge on any atom is -0.330 e. The molecule has 3 heterocycles. The van der Waals surface area contributed by atoms with Crippen LogP contribution in [-0.4, -0.2) is 25.6 Å². The van der Waals surface area contributed by atoms with Crippen molar-refractivity contribution < 1.29 is 4.79 Å². The Kier molecular flexibility index (Phi) is 3.58. The summed E-state index contributed by atoms with van der Waals surface area (Å²) in [5.41, 5.74) is 2.73. The Labute approximate surface area is 141 Å². The first-order chi connectivity index (χ1) is 11.7. The molecule has 0 spiro atoms. The molecule has 120 valence electrons. The molecule has 0 unspecified atom stereocenters. The van der Waals surface area contributed by atoms with Gasteiger partial charge in [0.25, 0.3) is 0 Å². The average Bonchev–Trinajstić information content (AvgIpc) is 3.15. The normalized spacial score (nSPS) is 11.0. The van der Waals surface area contributed by atoms with Crippen LogP contribution < -0.4 is 10.6 Å². The van der Waals surface area contributed by atoms with Gasteiger partial charge >= 0.3 is 6.03 Å². The van der Waals surface area contributed by atoms with Crippen molar-refractivity contribution in [1.82, 2.24) is 24.9 Å². The minimum absolute atomic E-state index is 0.279. The van der Waals surface area contributed by atoms with Gasteiger partial charge in [-0.3, -0.25) is 9.72 Å². The molecule has 7 nitrogen and oxygen atoms in total. The van der Waals surface area contributed by atoms with Gasteiger partial charge in [0.1, 0.15) is 0 Å². The molecular weight excluding hydrogens is 324 g/mol. The summed E-state index contributed by atoms with van der Waals surface area (Å²) in [5, 5.41) is 14.3. The molecule has 2 amide bonds. The van der Waals surface area contributed by atoms with E-state index in [1.54, 1.807) is 0 Å². The second-order valence-corrected chi connectivity index (χ2v) is 6.38. The SMILES string of the molecule is Cc1ccc2nnc(CNC(=O)Nc3nc4ccccc4s3)n2c1. The maximum absolute atomic E-state index is 12.1. The van der Waals surface area contributed by atoms with Gasteiger partial charge in [-0.05, 0) is 30.7 Å². The van der Waals surface area contributed by atoms with E-state index >= 15 is 0 Å². The Morgan fingerprint density at radius 2 is 2.08 bits per heavy atom. The number of pyridine rings is 1. The lowest BCUT2D eigenvalue weighted by atomic mass is 10.3. The second-order valence-electron chi connectivity index (χ2n) is 5.35. The molecule has 3 aromatic heterocycles. The summed E-state index contributed by atoms with van der Waals surface area (Å²) in [6.45, 7) is 2.28. The lowest BCUT2D eigenvalue weighted by Gasteiger charge is -2.04. The first-order valence-electron chi connectivity index (χ1n) is 7.40. The number of aryl methyl sites for hydroxylation is 1. The Morgan fingerprint density at radius 1 is 1.21 bits per heavy atom. The van der Waals surface area contributed by atoms with Gasteiger partial charge in [-0.25, -0.2) is 9.78 Å². The lowest BCUT2D eigenvalue weighted by Crippen LogP contribution is -2.28. The van der Waals surface area contributed by atoms with Crippen LogP contribution in [0.2, 0.25) is 0 Å². The third-order valence-electron chi connectivity index (χ3n) is 3.54. The number of rotatable bonds is 3. The molecule has 4 rings (SSSR count). The van der Waals surface area contributed by atoms with E-state index in [0.29, 0.717) is 11.0 Å². The molecule has 2 N–H and O–H groups in total. The summed E-state index contributed by atoms with van der Waals surface area (Å²) in [5.74, 6) is 0.674. The topological polar surface area (TPSA) is 84.2 Å². The molecule has 24 heavy (non-hydrogen) atoms. The van der Waals surface area contributed by atoms with E-state index in [4.69, 9.17) is 0 Å². The predicted molar refractivity (Wildman–Crippen MR) is 93.2 cm³/mol. The van der Waals surface area contributed by atoms with Crippen LogP contribution in [0.25, 0.3) is 15.9 Å². The number of hydrogen-bond donors (Lipinski definition) is 2. The van der Waals surface area contributed by atoms with Crippen LogP contribution in [0.5, 0.6) is 0 Å². The van der Waals surface area contributed by atoms with E-state index < -0.39 is 0 Å². The zero-order valence-corrected chi connectivity index (χ0v) is 13.7. The van der Waals surface area contributed by atoms with Crippen LogP contribution in [0.4, 0.5) is 9.93 Å². The van der Waals surface area contributed by atoms with E-state index in [1.807, 2.05) is 53.9 Å². The van der Waals surface area contributed by atoms with Crippen molar-refractivity contribution in [3.63, 3.8) is 0 Å². The highest BCUT2D eigenvalue weighted by atomic mass is 32.1. The molecule has 0 radical (unpaired) electrons. The van der Waals surface area contributed by atoms with Gasteiger partial charge < -0.3 is 5.32 Å². The molecule has 4 aromatic rings. The van der Waals surface area contributed by atoms with Crippen molar-refractivity contribution in [2.24, 2.45) is 0 Å². The van der Waals surface area contributed by atoms with Gasteiger partial charge in [0.2, 0.25) is 0 Å². The fourth-order valence-electron chi connectivity index (χ4n) is 2.39. The molecule has 0 atom stereocenters. The number of carbonyl (C=O) groups excluding carboxylic acids is 1. The number of benzene rings is 1. The summed E-state index contributed by atoms with van der Waals surface area (Å²) in [6.07, 6.45) is 1.94. The van der Waals surface area contributed by atoms with Crippen LogP contribution in [0, 0.1) is 6.92 Å². The third-order valence-corrected chi connectivity index (χ3v) is 4.49. The summed E-state index contributed by atoms with van der Waals surface area (Å²) in [7, 11) is 0. The highest BCUT2D eigenvalue weighted by molar-refractivity contribution is 7.22. The average molecular weight is 338 g/mol. The molecule has 0 aliphatic heterocycles. The number of nitrogens with one attached hydrogen (secondary N) is 2. The quantitative estimate of drug-likeness (QED) is 0.601. The molecule has 0 saturated carbocycles. The fourth-order valence-corrected chi connectivity index (χ4v) is 3.25. The standard InChI is InChI=1S/C16H14N6OS/c1-10-6-7-13-20-21-14(22(13)9-10)8-17-15(23)19-16-18-11-4-2-3-5-12(11)24-16/h2-7,9H,8H2,1H3,(H2,17,18,19,23). The molecule has 0 aliphatic carbocycles. The number of fused-ring (bicyclic) bond motifs is 2. The van der Waals surface area contributed by atoms with Crippen molar-refractivity contribution >= 4 is 38.4 Å². The molecule has 1 aromatic carbocycles. The van der Waals surface area contributed by atoms with Gasteiger partial charge in [0.15, 0.2) is 16.6 Å². The Hall–Kier alpha value is -3.00. The number of amides is 2. The molecule has 0 fully saturated rings. The molecule has 0 aliphatic rings. The second kappa shape index (κ2) is 5.89. The van der Waals surface area contributed by atoms with Crippen LogP contribution in [-0.2, 0) is 6.54 Å². The summed E-state index contributed by atoms with van der Waals surface area (Å²) >= 11 is 1.44. The third kappa shape index (κ3) is 2.79. The number of aromatic nitrogens is 4. The van der Waals surface area contributed by atoms with Gasteiger partial charge in [-0.2, -0.15) is 0 Å². The zero-order chi connectivity index (χ0) is 16.5. The van der Waals surface area contributed by atoms with E-state index in [9.17, 15) is 4.79 Å². The number of carbonyl (C=O) groups is 1. The largest absolute Gasteiger partial charge is 0.330 e. The number of urea groups is 1. The van der Waals surface area contributed by atoms with Gasteiger partial charge in [-0.15, -0.1) is 10.2 Å². The van der Waals surface area contributed by atoms with E-state index in [2.05, 4.69) is 25.8 Å². The van der Waals surface area contributed by atoms with Crippen molar-refractivity contribution in [3.05, 3.63) is 54.0 Å². The van der Waals surface area contributed by atoms with Crippen molar-refractivity contribution in [3.8, 4) is 0 Å². The summed E-state index contributed by atoms with van der Waals surface area (Å²) in [6, 6.07) is 11.3. The molecular formula is C16H14N6OS. The number of hydrogen-bond acceptors (Lipinski definition) is 5. The van der Waals surface area contributed by atoms with Crippen LogP contribution in [0.15, 0.2) is 42.6 Å². The first-order valence-corrected chi connectivity index (χ1v) is 8.21. The highest BCUT2D eigenvalue weighted by Gasteiger charge is 2.10. The monoisotopic (exact) mass is 338 g/mol. The summed E-state index contributed by atoms with van der Waals surface area (Å²) < 4.78 is 2.90. The first kappa shape index (κ1) is 14.6. The Morgan fingerprint density at radius 3 is 2.96 bits per heavy atom. The van der Waals surface area contributed by atoms with Crippen molar-refractivity contribution in [1.29, 1.82) is 0 Å². The van der Waals surface area contributed by atoms with Crippen molar-refractivity contribution in [2.45, 2.75) is 13.5 Å².